The molecule has 0 bridgehead atoms. The first-order valence-corrected chi connectivity index (χ1v) is 13.2. The normalized spacial score (nSPS) is 18.5. The Kier molecular flexibility index (Phi) is 11.1. The van der Waals surface area contributed by atoms with Gasteiger partial charge < -0.3 is 4.74 Å². The molecular weight excluding hydrogens is 388 g/mol. The van der Waals surface area contributed by atoms with Gasteiger partial charge in [0.25, 0.3) is 0 Å². The monoisotopic (exact) mass is 432 g/mol. The fraction of sp³-hybridized carbons (Fsp3) is 0.548. The lowest BCUT2D eigenvalue weighted by Crippen LogP contribution is -2.18. The molecule has 0 saturated heterocycles. The summed E-state index contributed by atoms with van der Waals surface area (Å²) in [6.45, 7) is 7.59. The van der Waals surface area contributed by atoms with E-state index in [1.54, 1.807) is 0 Å². The fourth-order valence-electron chi connectivity index (χ4n) is 5.08. The Balaban J connectivity index is 1.41. The van der Waals surface area contributed by atoms with E-state index >= 15 is 0 Å². The first kappa shape index (κ1) is 24.8. The van der Waals surface area contributed by atoms with Crippen molar-refractivity contribution in [2.24, 2.45) is 5.92 Å². The van der Waals surface area contributed by atoms with E-state index in [0.717, 1.165) is 12.5 Å². The maximum Gasteiger partial charge on any atom is 0.0644 e. The maximum absolute atomic E-state index is 5.66. The van der Waals surface area contributed by atoms with E-state index in [9.17, 15) is 0 Å². The van der Waals surface area contributed by atoms with Gasteiger partial charge >= 0.3 is 0 Å². The molecular formula is C31H44O. The zero-order valence-electron chi connectivity index (χ0n) is 20.4. The van der Waals surface area contributed by atoms with Gasteiger partial charge in [-0.1, -0.05) is 100 Å². The predicted molar refractivity (Wildman–Crippen MR) is 139 cm³/mol. The second kappa shape index (κ2) is 14.3. The average Bonchev–Trinajstić information content (AvgIpc) is 2.85. The second-order valence-corrected chi connectivity index (χ2v) is 9.73. The van der Waals surface area contributed by atoms with E-state index in [0.29, 0.717) is 12.5 Å². The molecule has 1 saturated carbocycles. The van der Waals surface area contributed by atoms with Crippen LogP contribution in [0.4, 0.5) is 0 Å². The summed E-state index contributed by atoms with van der Waals surface area (Å²) >= 11 is 0. The van der Waals surface area contributed by atoms with E-state index in [1.807, 2.05) is 6.08 Å². The lowest BCUT2D eigenvalue weighted by molar-refractivity contribution is 0.102. The van der Waals surface area contributed by atoms with Crippen molar-refractivity contribution in [3.63, 3.8) is 0 Å². The summed E-state index contributed by atoms with van der Waals surface area (Å²) < 4.78 is 5.66. The summed E-state index contributed by atoms with van der Waals surface area (Å²) in [7, 11) is 0. The molecule has 0 spiro atoms. The van der Waals surface area contributed by atoms with Crippen LogP contribution in [0.15, 0.2) is 61.2 Å². The largest absolute Gasteiger partial charge is 0.377 e. The zero-order valence-corrected chi connectivity index (χ0v) is 20.4. The molecule has 1 nitrogen and oxygen atoms in total. The number of rotatable bonds is 14. The molecule has 174 valence electrons. The summed E-state index contributed by atoms with van der Waals surface area (Å²) in [5, 5.41) is 0. The Morgan fingerprint density at radius 1 is 0.781 bits per heavy atom. The van der Waals surface area contributed by atoms with Gasteiger partial charge in [0, 0.05) is 6.61 Å². The van der Waals surface area contributed by atoms with Crippen LogP contribution in [-0.4, -0.2) is 13.2 Å². The summed E-state index contributed by atoms with van der Waals surface area (Å²) in [5.41, 5.74) is 5.66. The number of hydrogen-bond donors (Lipinski definition) is 0. The topological polar surface area (TPSA) is 9.23 Å². The van der Waals surface area contributed by atoms with Crippen LogP contribution in [0.2, 0.25) is 0 Å². The second-order valence-electron chi connectivity index (χ2n) is 9.73. The Labute approximate surface area is 197 Å². The van der Waals surface area contributed by atoms with Crippen LogP contribution in [0.1, 0.15) is 94.6 Å². The molecule has 1 aliphatic carbocycles. The molecule has 0 aliphatic heterocycles. The van der Waals surface area contributed by atoms with Crippen molar-refractivity contribution in [2.45, 2.75) is 89.9 Å². The molecule has 0 amide bonds. The van der Waals surface area contributed by atoms with Gasteiger partial charge in [0.2, 0.25) is 0 Å². The van der Waals surface area contributed by atoms with Crippen molar-refractivity contribution in [3.8, 4) is 11.1 Å². The van der Waals surface area contributed by atoms with Crippen LogP contribution in [-0.2, 0) is 11.2 Å². The van der Waals surface area contributed by atoms with Crippen molar-refractivity contribution in [1.82, 2.24) is 0 Å². The summed E-state index contributed by atoms with van der Waals surface area (Å²) in [6, 6.07) is 18.6. The number of aryl methyl sites for hydroxylation is 1. The molecule has 32 heavy (non-hydrogen) atoms. The molecule has 1 fully saturated rings. The standard InChI is InChI=1S/C31H44O/c1-3-5-6-7-8-9-10-11-26-12-16-28(17-13-26)30-20-22-31(23-21-30)29-18-14-27(15-19-29)25-32-24-4-2/h4,12-13,16-17,20-23,27,29H,2-3,5-11,14-15,18-19,24-25H2,1H3/t27-,29-. The van der Waals surface area contributed by atoms with Crippen LogP contribution >= 0.6 is 0 Å². The minimum absolute atomic E-state index is 0.682. The quantitative estimate of drug-likeness (QED) is 0.213. The molecule has 0 heterocycles. The van der Waals surface area contributed by atoms with Gasteiger partial charge in [0.05, 0.1) is 6.61 Å². The predicted octanol–water partition coefficient (Wildman–Crippen LogP) is 9.12. The van der Waals surface area contributed by atoms with Crippen LogP contribution in [0.3, 0.4) is 0 Å². The molecule has 2 aromatic rings. The minimum atomic E-state index is 0.682. The molecule has 0 unspecified atom stereocenters. The molecule has 1 heteroatoms. The lowest BCUT2D eigenvalue weighted by Gasteiger charge is -2.28. The molecule has 0 aromatic heterocycles. The highest BCUT2D eigenvalue weighted by Gasteiger charge is 2.22. The third-order valence-electron chi connectivity index (χ3n) is 7.17. The molecule has 2 aromatic carbocycles. The zero-order chi connectivity index (χ0) is 22.4. The highest BCUT2D eigenvalue weighted by molar-refractivity contribution is 5.64. The summed E-state index contributed by atoms with van der Waals surface area (Å²) in [5.74, 6) is 1.44. The number of unbranched alkanes of at least 4 members (excludes halogenated alkanes) is 6. The maximum atomic E-state index is 5.66. The van der Waals surface area contributed by atoms with Crippen LogP contribution in [0, 0.1) is 5.92 Å². The Bertz CT molecular complexity index is 750. The lowest BCUT2D eigenvalue weighted by atomic mass is 9.79. The van der Waals surface area contributed by atoms with Gasteiger partial charge in [0.15, 0.2) is 0 Å². The smallest absolute Gasteiger partial charge is 0.0644 e. The number of ether oxygens (including phenoxy) is 1. The SMILES string of the molecule is C=CCOC[C@H]1CC[C@H](c2ccc(-c3ccc(CCCCCCCCC)cc3)cc2)CC1. The third-order valence-corrected chi connectivity index (χ3v) is 7.17. The Morgan fingerprint density at radius 2 is 1.38 bits per heavy atom. The van der Waals surface area contributed by atoms with Gasteiger partial charge in [0.1, 0.15) is 0 Å². The van der Waals surface area contributed by atoms with Crippen LogP contribution < -0.4 is 0 Å². The number of benzene rings is 2. The van der Waals surface area contributed by atoms with Crippen molar-refractivity contribution < 1.29 is 4.74 Å². The summed E-state index contributed by atoms with van der Waals surface area (Å²) in [4.78, 5) is 0. The van der Waals surface area contributed by atoms with Gasteiger partial charge in [-0.2, -0.15) is 0 Å². The van der Waals surface area contributed by atoms with Gasteiger partial charge in [-0.3, -0.25) is 0 Å². The fourth-order valence-corrected chi connectivity index (χ4v) is 5.08. The van der Waals surface area contributed by atoms with E-state index in [1.165, 1.54) is 99.3 Å². The Morgan fingerprint density at radius 3 is 2.00 bits per heavy atom. The molecule has 3 rings (SSSR count). The van der Waals surface area contributed by atoms with Crippen LogP contribution in [0.25, 0.3) is 11.1 Å². The summed E-state index contributed by atoms with van der Waals surface area (Å²) in [6.07, 6.45) is 17.8. The first-order valence-electron chi connectivity index (χ1n) is 13.2. The van der Waals surface area contributed by atoms with E-state index in [2.05, 4.69) is 62.0 Å². The van der Waals surface area contributed by atoms with E-state index in [-0.39, 0.29) is 0 Å². The highest BCUT2D eigenvalue weighted by atomic mass is 16.5. The van der Waals surface area contributed by atoms with Crippen LogP contribution in [0.5, 0.6) is 0 Å². The average molecular weight is 433 g/mol. The van der Waals surface area contributed by atoms with Gasteiger partial charge in [-0.25, -0.2) is 0 Å². The van der Waals surface area contributed by atoms with E-state index < -0.39 is 0 Å². The minimum Gasteiger partial charge on any atom is -0.377 e. The van der Waals surface area contributed by atoms with Crippen molar-refractivity contribution >= 4 is 0 Å². The molecule has 1 aliphatic rings. The third kappa shape index (κ3) is 8.24. The molecule has 0 N–H and O–H groups in total. The molecule has 0 radical (unpaired) electrons. The molecule has 0 atom stereocenters. The number of hydrogen-bond acceptors (Lipinski definition) is 1. The first-order chi connectivity index (χ1) is 15.8. The van der Waals surface area contributed by atoms with Gasteiger partial charge in [-0.05, 0) is 72.6 Å². The van der Waals surface area contributed by atoms with E-state index in [4.69, 9.17) is 4.74 Å². The highest BCUT2D eigenvalue weighted by Crippen LogP contribution is 2.36. The van der Waals surface area contributed by atoms with Crippen molar-refractivity contribution in [3.05, 3.63) is 72.3 Å². The van der Waals surface area contributed by atoms with Gasteiger partial charge in [-0.15, -0.1) is 6.58 Å². The Hall–Kier alpha value is -1.86. The van der Waals surface area contributed by atoms with Crippen molar-refractivity contribution in [1.29, 1.82) is 0 Å². The van der Waals surface area contributed by atoms with Crippen molar-refractivity contribution in [2.75, 3.05) is 13.2 Å².